The molecule has 0 radical (unpaired) electrons. The number of benzene rings is 3. The van der Waals surface area contributed by atoms with Crippen molar-refractivity contribution in [3.8, 4) is 28.6 Å². The van der Waals surface area contributed by atoms with Crippen molar-refractivity contribution in [2.24, 2.45) is 0 Å². The molecule has 5 rings (SSSR count). The van der Waals surface area contributed by atoms with Gasteiger partial charge in [0.1, 0.15) is 45.1 Å². The van der Waals surface area contributed by atoms with E-state index in [-0.39, 0.29) is 5.75 Å². The van der Waals surface area contributed by atoms with E-state index in [1.165, 1.54) is 31.8 Å². The molecule has 2 heterocycles. The molecule has 206 valence electrons. The summed E-state index contributed by atoms with van der Waals surface area (Å²) in [5.41, 5.74) is 2.28. The molecule has 0 atom stereocenters. The van der Waals surface area contributed by atoms with E-state index in [2.05, 4.69) is 20.6 Å². The average molecular weight is 563 g/mol. The van der Waals surface area contributed by atoms with Crippen LogP contribution in [0, 0.1) is 5.82 Å². The van der Waals surface area contributed by atoms with Crippen LogP contribution in [0.15, 0.2) is 83.5 Å². The maximum Gasteiger partial charge on any atom is 0.169 e. The number of nitrogens with one attached hydrogen (secondary N) is 2. The number of sulfone groups is 1. The Morgan fingerprint density at radius 3 is 2.65 bits per heavy atom. The van der Waals surface area contributed by atoms with Crippen LogP contribution < -0.4 is 20.1 Å². The Balaban J connectivity index is 1.35. The first kappa shape index (κ1) is 27.1. The number of rotatable bonds is 11. The topological polar surface area (TPSA) is 116 Å². The summed E-state index contributed by atoms with van der Waals surface area (Å²) in [6.45, 7) is 0.764. The number of hydrogen-bond acceptors (Lipinski definition) is 9. The van der Waals surface area contributed by atoms with Gasteiger partial charge in [0, 0.05) is 41.6 Å². The number of aromatic nitrogens is 2. The normalized spacial score (nSPS) is 11.5. The minimum atomic E-state index is -3.02. The van der Waals surface area contributed by atoms with E-state index in [1.54, 1.807) is 24.3 Å². The van der Waals surface area contributed by atoms with E-state index in [1.807, 2.05) is 36.4 Å². The van der Waals surface area contributed by atoms with Crippen molar-refractivity contribution in [2.75, 3.05) is 31.0 Å². The van der Waals surface area contributed by atoms with Crippen molar-refractivity contribution in [3.05, 3.63) is 90.7 Å². The van der Waals surface area contributed by atoms with Crippen LogP contribution >= 0.6 is 0 Å². The van der Waals surface area contributed by atoms with Crippen LogP contribution in [-0.2, 0) is 16.4 Å². The zero-order valence-electron chi connectivity index (χ0n) is 21.8. The molecule has 2 N–H and O–H groups in total. The highest BCUT2D eigenvalue weighted by Crippen LogP contribution is 2.36. The lowest BCUT2D eigenvalue weighted by atomic mass is 10.1. The molecule has 0 aliphatic rings. The second-order valence-electron chi connectivity index (χ2n) is 9.08. The van der Waals surface area contributed by atoms with E-state index >= 15 is 0 Å². The second-order valence-corrected chi connectivity index (χ2v) is 11.3. The first-order valence-corrected chi connectivity index (χ1v) is 14.4. The van der Waals surface area contributed by atoms with Gasteiger partial charge in [0.2, 0.25) is 0 Å². The second kappa shape index (κ2) is 11.7. The van der Waals surface area contributed by atoms with Gasteiger partial charge in [-0.15, -0.1) is 0 Å². The van der Waals surface area contributed by atoms with Gasteiger partial charge in [-0.25, -0.2) is 22.8 Å². The minimum Gasteiger partial charge on any atom is -0.493 e. The molecule has 0 spiro atoms. The number of ether oxygens (including phenoxy) is 2. The molecule has 0 fully saturated rings. The number of anilines is 2. The smallest absolute Gasteiger partial charge is 0.169 e. The molecule has 2 aromatic heterocycles. The van der Waals surface area contributed by atoms with Gasteiger partial charge in [0.05, 0.1) is 24.9 Å². The average Bonchev–Trinajstić information content (AvgIpc) is 3.40. The summed E-state index contributed by atoms with van der Waals surface area (Å²) in [5, 5.41) is 7.18. The Labute approximate surface area is 230 Å². The summed E-state index contributed by atoms with van der Waals surface area (Å²) in [6, 6.07) is 20.7. The molecule has 40 heavy (non-hydrogen) atoms. The van der Waals surface area contributed by atoms with Crippen molar-refractivity contribution >= 4 is 32.2 Å². The van der Waals surface area contributed by atoms with Gasteiger partial charge in [-0.2, -0.15) is 0 Å². The van der Waals surface area contributed by atoms with E-state index < -0.39 is 15.7 Å². The van der Waals surface area contributed by atoms with Crippen molar-refractivity contribution < 1.29 is 26.7 Å². The van der Waals surface area contributed by atoms with Crippen LogP contribution in [0.3, 0.4) is 0 Å². The molecule has 0 saturated carbocycles. The fourth-order valence-electron chi connectivity index (χ4n) is 4.03. The molecule has 0 amide bonds. The first-order chi connectivity index (χ1) is 19.3. The molecular weight excluding hydrogens is 535 g/mol. The van der Waals surface area contributed by atoms with Gasteiger partial charge in [0.15, 0.2) is 11.5 Å². The molecule has 3 aromatic carbocycles. The Hall–Kier alpha value is -4.48. The molecular formula is C29H27FN4O5S. The van der Waals surface area contributed by atoms with Crippen molar-refractivity contribution in [2.45, 2.75) is 6.54 Å². The third kappa shape index (κ3) is 6.74. The monoisotopic (exact) mass is 562 g/mol. The number of nitrogens with zero attached hydrogens (tertiary/aromatic N) is 2. The number of furan rings is 1. The summed E-state index contributed by atoms with van der Waals surface area (Å²) in [5.74, 6) is 2.87. The zero-order valence-corrected chi connectivity index (χ0v) is 22.7. The van der Waals surface area contributed by atoms with E-state index in [0.29, 0.717) is 53.4 Å². The third-order valence-corrected chi connectivity index (χ3v) is 6.93. The molecule has 5 aromatic rings. The van der Waals surface area contributed by atoms with Crippen LogP contribution in [0.1, 0.15) is 5.76 Å². The van der Waals surface area contributed by atoms with Crippen LogP contribution in [0.25, 0.3) is 22.2 Å². The van der Waals surface area contributed by atoms with Gasteiger partial charge in [-0.1, -0.05) is 6.07 Å². The highest BCUT2D eigenvalue weighted by atomic mass is 32.2. The van der Waals surface area contributed by atoms with E-state index in [4.69, 9.17) is 13.9 Å². The Morgan fingerprint density at radius 2 is 1.85 bits per heavy atom. The SMILES string of the molecule is COc1cc(Nc2ncnc3ccc(-c4ccc(CNCCS(C)(=O)=O)o4)cc23)ccc1Oc1cccc(F)c1. The van der Waals surface area contributed by atoms with E-state index in [9.17, 15) is 12.8 Å². The standard InChI is InChI=1S/C29H27FN4O5S/c1-37-28-16-21(7-10-27(28)38-22-5-3-4-20(30)15-22)34-29-24-14-19(6-9-25(24)32-18-33-29)26-11-8-23(39-26)17-31-12-13-40(2,35)36/h3-11,14-16,18,31H,12-13,17H2,1-2H3,(H,32,33,34). The summed E-state index contributed by atoms with van der Waals surface area (Å²) in [7, 11) is -1.49. The molecule has 0 aliphatic heterocycles. The lowest BCUT2D eigenvalue weighted by Crippen LogP contribution is -2.21. The van der Waals surface area contributed by atoms with Gasteiger partial charge in [0.25, 0.3) is 0 Å². The maximum absolute atomic E-state index is 13.6. The molecule has 11 heteroatoms. The van der Waals surface area contributed by atoms with Crippen LogP contribution in [-0.4, -0.2) is 44.0 Å². The number of halogens is 1. The predicted molar refractivity (Wildman–Crippen MR) is 151 cm³/mol. The summed E-state index contributed by atoms with van der Waals surface area (Å²) < 4.78 is 53.5. The Kier molecular flexibility index (Phi) is 7.94. The van der Waals surface area contributed by atoms with Gasteiger partial charge in [-0.3, -0.25) is 0 Å². The quantitative estimate of drug-likeness (QED) is 0.195. The molecule has 0 unspecified atom stereocenters. The fourth-order valence-corrected chi connectivity index (χ4v) is 4.55. The fraction of sp³-hybridized carbons (Fsp3) is 0.172. The van der Waals surface area contributed by atoms with Gasteiger partial charge in [-0.05, 0) is 54.6 Å². The summed E-state index contributed by atoms with van der Waals surface area (Å²) in [6.07, 6.45) is 2.69. The highest BCUT2D eigenvalue weighted by molar-refractivity contribution is 7.90. The number of hydrogen-bond donors (Lipinski definition) is 2. The Bertz CT molecular complexity index is 1760. The van der Waals surface area contributed by atoms with Crippen LogP contribution in [0.5, 0.6) is 17.2 Å². The van der Waals surface area contributed by atoms with Gasteiger partial charge >= 0.3 is 0 Å². The molecule has 9 nitrogen and oxygen atoms in total. The lowest BCUT2D eigenvalue weighted by Gasteiger charge is -2.14. The van der Waals surface area contributed by atoms with Crippen molar-refractivity contribution in [1.29, 1.82) is 0 Å². The van der Waals surface area contributed by atoms with Crippen molar-refractivity contribution in [1.82, 2.24) is 15.3 Å². The first-order valence-electron chi connectivity index (χ1n) is 12.4. The lowest BCUT2D eigenvalue weighted by molar-refractivity contribution is 0.378. The van der Waals surface area contributed by atoms with Gasteiger partial charge < -0.3 is 24.5 Å². The largest absolute Gasteiger partial charge is 0.493 e. The minimum absolute atomic E-state index is 0.0651. The molecule has 0 saturated heterocycles. The molecule has 0 aliphatic carbocycles. The zero-order chi connectivity index (χ0) is 28.1. The van der Waals surface area contributed by atoms with Crippen molar-refractivity contribution in [3.63, 3.8) is 0 Å². The number of fused-ring (bicyclic) bond motifs is 1. The summed E-state index contributed by atoms with van der Waals surface area (Å²) in [4.78, 5) is 8.82. The van der Waals surface area contributed by atoms with E-state index in [0.717, 1.165) is 16.5 Å². The Morgan fingerprint density at radius 1 is 0.975 bits per heavy atom. The summed E-state index contributed by atoms with van der Waals surface area (Å²) >= 11 is 0. The third-order valence-electron chi connectivity index (χ3n) is 5.98. The number of methoxy groups -OCH3 is 1. The highest BCUT2D eigenvalue weighted by Gasteiger charge is 2.12. The predicted octanol–water partition coefficient (Wildman–Crippen LogP) is 5.71. The maximum atomic E-state index is 13.6. The molecule has 0 bridgehead atoms. The van der Waals surface area contributed by atoms with Crippen LogP contribution in [0.4, 0.5) is 15.9 Å². The van der Waals surface area contributed by atoms with Crippen LogP contribution in [0.2, 0.25) is 0 Å².